The van der Waals surface area contributed by atoms with Crippen molar-refractivity contribution in [2.45, 2.75) is 123 Å². The molecule has 1 aromatic rings. The minimum absolute atomic E-state index is 0.0252. The van der Waals surface area contributed by atoms with Crippen LogP contribution in [0.1, 0.15) is 112 Å². The molecule has 0 amide bonds. The lowest BCUT2D eigenvalue weighted by Crippen LogP contribution is -2.54. The summed E-state index contributed by atoms with van der Waals surface area (Å²) in [6.45, 7) is 12.2. The number of rotatable bonds is 13. The summed E-state index contributed by atoms with van der Waals surface area (Å²) in [7, 11) is 0. The predicted octanol–water partition coefficient (Wildman–Crippen LogP) is 10.6. The fourth-order valence-corrected chi connectivity index (χ4v) is 11.0. The molecule has 4 saturated carbocycles. The van der Waals surface area contributed by atoms with E-state index in [9.17, 15) is 17.6 Å². The van der Waals surface area contributed by atoms with Crippen LogP contribution in [0, 0.1) is 75.5 Å². The van der Waals surface area contributed by atoms with Crippen molar-refractivity contribution < 1.29 is 41.7 Å². The Morgan fingerprint density at radius 1 is 0.822 bits per heavy atom. The van der Waals surface area contributed by atoms with Gasteiger partial charge in [-0.25, -0.2) is 14.0 Å². The summed E-state index contributed by atoms with van der Waals surface area (Å²) in [4.78, 5) is -1.13. The van der Waals surface area contributed by atoms with E-state index in [-0.39, 0.29) is 31.4 Å². The smallest absolute Gasteiger partial charge is 0.205 e. The second-order valence-electron chi connectivity index (χ2n) is 15.4. The van der Waals surface area contributed by atoms with Crippen LogP contribution in [0.3, 0.4) is 0 Å². The van der Waals surface area contributed by atoms with Crippen molar-refractivity contribution in [3.05, 3.63) is 23.3 Å². The van der Waals surface area contributed by atoms with Crippen molar-refractivity contribution in [1.29, 1.82) is 0 Å². The Labute approximate surface area is 270 Å². The van der Waals surface area contributed by atoms with Crippen LogP contribution in [0.25, 0.3) is 0 Å². The molecule has 0 aromatic heterocycles. The molecule has 10 heteroatoms. The van der Waals surface area contributed by atoms with Crippen molar-refractivity contribution in [3.8, 4) is 5.75 Å². The van der Waals surface area contributed by atoms with E-state index in [0.717, 1.165) is 54.8 Å². The molecule has 0 radical (unpaired) electrons. The highest BCUT2D eigenvalue weighted by Gasteiger charge is 2.60. The maximum atomic E-state index is 14.4. The molecular weight excluding hydrogens is 608 g/mol. The van der Waals surface area contributed by atoms with Crippen LogP contribution >= 0.6 is 12.0 Å². The van der Waals surface area contributed by atoms with Gasteiger partial charge in [0.25, 0.3) is 0 Å². The van der Waals surface area contributed by atoms with E-state index in [1.165, 1.54) is 57.8 Å². The van der Waals surface area contributed by atoms with Crippen LogP contribution in [0.15, 0.2) is 4.90 Å². The number of hydrogen-bond acceptors (Lipinski definition) is 6. The first-order chi connectivity index (χ1) is 21.4. The Bertz CT molecular complexity index is 1140. The molecule has 256 valence electrons. The van der Waals surface area contributed by atoms with E-state index in [2.05, 4.69) is 44.0 Å². The summed E-state index contributed by atoms with van der Waals surface area (Å²) in [6, 6.07) is 0. The van der Waals surface area contributed by atoms with Crippen molar-refractivity contribution >= 4 is 12.0 Å². The topological polar surface area (TPSA) is 57.2 Å². The zero-order valence-electron chi connectivity index (χ0n) is 27.5. The highest BCUT2D eigenvalue weighted by atomic mass is 32.2. The number of halogens is 4. The van der Waals surface area contributed by atoms with E-state index < -0.39 is 33.9 Å². The molecule has 0 spiro atoms. The SMILES string of the molecule is CC(C)CCCC(C)C1CCC2C3CCC4C[C@@H](OCCOc5c(F)c(F)c(SOOO)c(F)c5F)CC[C@]4(C)C3CC[C@]12C. The van der Waals surface area contributed by atoms with Gasteiger partial charge in [0.15, 0.2) is 17.4 Å². The third-order valence-electron chi connectivity index (χ3n) is 12.8. The van der Waals surface area contributed by atoms with E-state index in [1.807, 2.05) is 0 Å². The second kappa shape index (κ2) is 14.6. The molecule has 5 nitrogen and oxygen atoms in total. The van der Waals surface area contributed by atoms with Gasteiger partial charge in [0.05, 0.1) is 24.8 Å². The second-order valence-corrected chi connectivity index (χ2v) is 16.2. The normalized spacial score (nSPS) is 35.2. The number of ether oxygens (including phenoxy) is 2. The quantitative estimate of drug-likeness (QED) is 0.0568. The molecule has 5 rings (SSSR count). The standard InChI is InChI=1S/C35H52F4O5S/c1-20(2)7-6-8-21(3)25-11-12-26-24-10-9-22-19-23(13-15-34(22,4)27(24)14-16-35(25,26)5)41-17-18-42-32-28(36)30(38)33(45-44-43-40)31(39)29(32)37/h20-27,40H,6-19H2,1-5H3/t21?,22?,23-,24?,25?,26?,27?,34-,35+/m0/s1. The van der Waals surface area contributed by atoms with Gasteiger partial charge in [0, 0.05) is 0 Å². The molecule has 1 aromatic carbocycles. The van der Waals surface area contributed by atoms with E-state index in [1.54, 1.807) is 0 Å². The molecule has 0 heterocycles. The molecule has 0 saturated heterocycles. The molecule has 4 fully saturated rings. The van der Waals surface area contributed by atoms with Crippen molar-refractivity contribution in [2.24, 2.45) is 52.3 Å². The van der Waals surface area contributed by atoms with Crippen LogP contribution in [0.5, 0.6) is 5.75 Å². The minimum atomic E-state index is -1.71. The molecule has 45 heavy (non-hydrogen) atoms. The molecule has 4 aliphatic carbocycles. The Morgan fingerprint density at radius 3 is 2.20 bits per heavy atom. The molecule has 1 N–H and O–H groups in total. The van der Waals surface area contributed by atoms with Crippen molar-refractivity contribution in [2.75, 3.05) is 13.2 Å². The summed E-state index contributed by atoms with van der Waals surface area (Å²) in [6.07, 6.45) is 15.1. The fraction of sp³-hybridized carbons (Fsp3) is 0.829. The van der Waals surface area contributed by atoms with Crippen molar-refractivity contribution in [3.63, 3.8) is 0 Å². The zero-order chi connectivity index (χ0) is 32.5. The lowest BCUT2D eigenvalue weighted by molar-refractivity contribution is -0.432. The first-order valence-electron chi connectivity index (χ1n) is 17.2. The van der Waals surface area contributed by atoms with Gasteiger partial charge in [-0.05, 0) is 110 Å². The predicted molar refractivity (Wildman–Crippen MR) is 165 cm³/mol. The van der Waals surface area contributed by atoms with Gasteiger partial charge < -0.3 is 9.47 Å². The summed E-state index contributed by atoms with van der Waals surface area (Å²) in [5.74, 6) is -2.49. The highest BCUT2D eigenvalue weighted by molar-refractivity contribution is 7.94. The minimum Gasteiger partial charge on any atom is -0.485 e. The Morgan fingerprint density at radius 2 is 1.51 bits per heavy atom. The Hall–Kier alpha value is -1.07. The molecule has 4 aliphatic rings. The van der Waals surface area contributed by atoms with Gasteiger partial charge in [-0.1, -0.05) is 58.9 Å². The first-order valence-corrected chi connectivity index (χ1v) is 17.9. The van der Waals surface area contributed by atoms with Crippen LogP contribution in [-0.4, -0.2) is 24.6 Å². The largest absolute Gasteiger partial charge is 0.485 e. The van der Waals surface area contributed by atoms with Crippen LogP contribution < -0.4 is 4.74 Å². The van der Waals surface area contributed by atoms with Gasteiger partial charge >= 0.3 is 0 Å². The molecular formula is C35H52F4O5S. The Kier molecular flexibility index (Phi) is 11.4. The summed E-state index contributed by atoms with van der Waals surface area (Å²) >= 11 is -0.201. The molecule has 0 bridgehead atoms. The summed E-state index contributed by atoms with van der Waals surface area (Å²) in [5.41, 5.74) is 0.793. The number of hydrogen-bond donors (Lipinski definition) is 1. The van der Waals surface area contributed by atoms with Gasteiger partial charge in [0.2, 0.25) is 11.6 Å². The van der Waals surface area contributed by atoms with Crippen LogP contribution in [0.4, 0.5) is 17.6 Å². The van der Waals surface area contributed by atoms with E-state index in [0.29, 0.717) is 16.7 Å². The van der Waals surface area contributed by atoms with Crippen LogP contribution in [0.2, 0.25) is 0 Å². The van der Waals surface area contributed by atoms with Gasteiger partial charge in [0.1, 0.15) is 11.5 Å². The lowest BCUT2D eigenvalue weighted by Gasteiger charge is -2.61. The maximum Gasteiger partial charge on any atom is 0.205 e. The Balaban J connectivity index is 1.13. The average Bonchev–Trinajstić information content (AvgIpc) is 3.37. The third-order valence-corrected chi connectivity index (χ3v) is 13.5. The molecule has 9 atom stereocenters. The zero-order valence-corrected chi connectivity index (χ0v) is 28.3. The van der Waals surface area contributed by atoms with Gasteiger partial charge in [-0.3, -0.25) is 0 Å². The summed E-state index contributed by atoms with van der Waals surface area (Å²) in [5, 5.41) is 11.4. The summed E-state index contributed by atoms with van der Waals surface area (Å²) < 4.78 is 72.4. The number of benzene rings is 1. The van der Waals surface area contributed by atoms with Crippen LogP contribution in [-0.2, 0) is 14.1 Å². The highest BCUT2D eigenvalue weighted by Crippen LogP contribution is 2.68. The van der Waals surface area contributed by atoms with Crippen molar-refractivity contribution in [1.82, 2.24) is 0 Å². The third kappa shape index (κ3) is 6.92. The lowest BCUT2D eigenvalue weighted by atomic mass is 9.44. The monoisotopic (exact) mass is 660 g/mol. The fourth-order valence-electron chi connectivity index (χ4n) is 10.6. The van der Waals surface area contributed by atoms with E-state index in [4.69, 9.17) is 14.7 Å². The van der Waals surface area contributed by atoms with Gasteiger partial charge in [-0.15, -0.1) is 4.33 Å². The average molecular weight is 661 g/mol. The van der Waals surface area contributed by atoms with E-state index >= 15 is 0 Å². The molecule has 6 unspecified atom stereocenters. The maximum absolute atomic E-state index is 14.4. The number of fused-ring (bicyclic) bond motifs is 5. The first kappa shape index (κ1) is 35.2. The van der Waals surface area contributed by atoms with Gasteiger partial charge in [-0.2, -0.15) is 8.78 Å². The molecule has 0 aliphatic heterocycles.